The first-order valence-electron chi connectivity index (χ1n) is 7.86. The Morgan fingerprint density at radius 3 is 2.33 bits per heavy atom. The molecule has 0 saturated carbocycles. The molecule has 0 bridgehead atoms. The third-order valence-electron chi connectivity index (χ3n) is 4.07. The minimum atomic E-state index is -3.27. The number of rotatable bonds is 5. The molecule has 2 heterocycles. The molecule has 0 aliphatic carbocycles. The number of piperidine rings is 1. The van der Waals surface area contributed by atoms with Crippen molar-refractivity contribution in [3.05, 3.63) is 48.8 Å². The fraction of sp³-hybridized carbons (Fsp3) is 0.294. The quantitative estimate of drug-likeness (QED) is 0.866. The molecule has 0 unspecified atom stereocenters. The van der Waals surface area contributed by atoms with Crippen molar-refractivity contribution < 1.29 is 8.42 Å². The smallest absolute Gasteiger partial charge is 0.227 e. The van der Waals surface area contributed by atoms with Crippen LogP contribution >= 0.6 is 0 Å². The maximum Gasteiger partial charge on any atom is 0.227 e. The molecule has 126 valence electrons. The van der Waals surface area contributed by atoms with Crippen LogP contribution in [0.2, 0.25) is 0 Å². The second-order valence-electron chi connectivity index (χ2n) is 5.69. The van der Waals surface area contributed by atoms with Gasteiger partial charge in [-0.05, 0) is 50.2 Å². The molecule has 24 heavy (non-hydrogen) atoms. The van der Waals surface area contributed by atoms with Crippen molar-refractivity contribution >= 4 is 27.5 Å². The van der Waals surface area contributed by atoms with E-state index in [1.807, 2.05) is 0 Å². The number of sulfone groups is 1. The van der Waals surface area contributed by atoms with Crippen molar-refractivity contribution in [2.75, 3.05) is 18.4 Å². The van der Waals surface area contributed by atoms with Crippen molar-refractivity contribution in [3.63, 3.8) is 0 Å². The third-order valence-corrected chi connectivity index (χ3v) is 6.35. The van der Waals surface area contributed by atoms with Gasteiger partial charge in [0.25, 0.3) is 0 Å². The lowest BCUT2D eigenvalue weighted by Crippen LogP contribution is -2.35. The predicted octanol–water partition coefficient (Wildman–Crippen LogP) is 2.39. The summed E-state index contributed by atoms with van der Waals surface area (Å²) in [5, 5.41) is 5.94. The van der Waals surface area contributed by atoms with Crippen LogP contribution in [0.4, 0.5) is 11.6 Å². The van der Waals surface area contributed by atoms with Gasteiger partial charge in [-0.25, -0.2) is 18.4 Å². The van der Waals surface area contributed by atoms with E-state index < -0.39 is 9.84 Å². The SMILES string of the molecule is C=Cc1cnc(Nc2ccc(S(=O)(=O)C3CCNCC3)cc2)nc1. The van der Waals surface area contributed by atoms with Gasteiger partial charge in [-0.3, -0.25) is 0 Å². The normalized spacial score (nSPS) is 15.8. The van der Waals surface area contributed by atoms with E-state index >= 15 is 0 Å². The molecule has 1 aromatic heterocycles. The van der Waals surface area contributed by atoms with Gasteiger partial charge in [-0.15, -0.1) is 0 Å². The van der Waals surface area contributed by atoms with Gasteiger partial charge in [0.2, 0.25) is 5.95 Å². The third kappa shape index (κ3) is 3.63. The molecule has 0 amide bonds. The molecule has 0 radical (unpaired) electrons. The van der Waals surface area contributed by atoms with Crippen LogP contribution in [0.15, 0.2) is 48.1 Å². The van der Waals surface area contributed by atoms with Crippen molar-refractivity contribution in [2.24, 2.45) is 0 Å². The number of nitrogens with one attached hydrogen (secondary N) is 2. The maximum absolute atomic E-state index is 12.6. The van der Waals surface area contributed by atoms with E-state index in [2.05, 4.69) is 27.2 Å². The highest BCUT2D eigenvalue weighted by Crippen LogP contribution is 2.24. The van der Waals surface area contributed by atoms with Crippen LogP contribution in [0.25, 0.3) is 6.08 Å². The monoisotopic (exact) mass is 344 g/mol. The van der Waals surface area contributed by atoms with E-state index in [-0.39, 0.29) is 5.25 Å². The summed E-state index contributed by atoms with van der Waals surface area (Å²) in [4.78, 5) is 8.71. The molecular formula is C17H20N4O2S. The van der Waals surface area contributed by atoms with Gasteiger partial charge in [-0.2, -0.15) is 0 Å². The standard InChI is InChI=1S/C17H20N4O2S/c1-2-13-11-19-17(20-12-13)21-14-3-5-15(6-4-14)24(22,23)16-7-9-18-10-8-16/h2-6,11-12,16,18H,1,7-10H2,(H,19,20,21). The number of hydrogen-bond donors (Lipinski definition) is 2. The summed E-state index contributed by atoms with van der Waals surface area (Å²) in [6.45, 7) is 5.16. The van der Waals surface area contributed by atoms with Crippen LogP contribution in [0.1, 0.15) is 18.4 Å². The highest BCUT2D eigenvalue weighted by molar-refractivity contribution is 7.92. The molecule has 0 spiro atoms. The molecular weight excluding hydrogens is 324 g/mol. The fourth-order valence-electron chi connectivity index (χ4n) is 2.66. The minimum absolute atomic E-state index is 0.299. The van der Waals surface area contributed by atoms with Gasteiger partial charge in [0.05, 0.1) is 10.1 Å². The van der Waals surface area contributed by atoms with E-state index in [0.717, 1.165) is 24.3 Å². The average molecular weight is 344 g/mol. The predicted molar refractivity (Wildman–Crippen MR) is 94.9 cm³/mol. The van der Waals surface area contributed by atoms with Gasteiger partial charge in [0, 0.05) is 23.6 Å². The Morgan fingerprint density at radius 1 is 1.12 bits per heavy atom. The Hall–Kier alpha value is -2.25. The lowest BCUT2D eigenvalue weighted by Gasteiger charge is -2.22. The van der Waals surface area contributed by atoms with Gasteiger partial charge in [0.15, 0.2) is 9.84 Å². The van der Waals surface area contributed by atoms with Gasteiger partial charge in [-0.1, -0.05) is 12.7 Å². The zero-order chi connectivity index (χ0) is 17.0. The largest absolute Gasteiger partial charge is 0.324 e. The number of benzene rings is 1. The Bertz CT molecular complexity index is 795. The highest BCUT2D eigenvalue weighted by atomic mass is 32.2. The summed E-state index contributed by atoms with van der Waals surface area (Å²) in [5.41, 5.74) is 1.58. The van der Waals surface area contributed by atoms with Crippen molar-refractivity contribution in [3.8, 4) is 0 Å². The molecule has 3 rings (SSSR count). The van der Waals surface area contributed by atoms with Gasteiger partial charge in [0.1, 0.15) is 0 Å². The molecule has 1 aliphatic heterocycles. The Balaban J connectivity index is 1.73. The molecule has 1 aliphatic rings. The zero-order valence-electron chi connectivity index (χ0n) is 13.3. The number of aromatic nitrogens is 2. The molecule has 1 saturated heterocycles. The first-order chi connectivity index (χ1) is 11.6. The van der Waals surface area contributed by atoms with Crippen molar-refractivity contribution in [1.82, 2.24) is 15.3 Å². The lowest BCUT2D eigenvalue weighted by atomic mass is 10.2. The van der Waals surface area contributed by atoms with E-state index in [4.69, 9.17) is 0 Å². The van der Waals surface area contributed by atoms with E-state index in [1.54, 1.807) is 42.7 Å². The first kappa shape index (κ1) is 16.6. The summed E-state index contributed by atoms with van der Waals surface area (Å²) in [7, 11) is -3.27. The van der Waals surface area contributed by atoms with Crippen LogP contribution in [0, 0.1) is 0 Å². The summed E-state index contributed by atoms with van der Waals surface area (Å²) in [5.74, 6) is 0.453. The first-order valence-corrected chi connectivity index (χ1v) is 9.40. The summed E-state index contributed by atoms with van der Waals surface area (Å²) < 4.78 is 25.3. The molecule has 2 aromatic rings. The van der Waals surface area contributed by atoms with Gasteiger partial charge >= 0.3 is 0 Å². The Morgan fingerprint density at radius 2 is 1.75 bits per heavy atom. The topological polar surface area (TPSA) is 84.0 Å². The van der Waals surface area contributed by atoms with E-state index in [1.165, 1.54) is 0 Å². The number of nitrogens with zero attached hydrogens (tertiary/aromatic N) is 2. The molecule has 2 N–H and O–H groups in total. The molecule has 7 heteroatoms. The van der Waals surface area contributed by atoms with Crippen LogP contribution in [-0.2, 0) is 9.84 Å². The fourth-order valence-corrected chi connectivity index (χ4v) is 4.42. The summed E-state index contributed by atoms with van der Waals surface area (Å²) in [6.07, 6.45) is 6.32. The van der Waals surface area contributed by atoms with E-state index in [0.29, 0.717) is 23.7 Å². The molecule has 1 aromatic carbocycles. The summed E-state index contributed by atoms with van der Waals surface area (Å²) in [6, 6.07) is 6.74. The second kappa shape index (κ2) is 7.11. The van der Waals surface area contributed by atoms with Crippen LogP contribution in [0.5, 0.6) is 0 Å². The van der Waals surface area contributed by atoms with Crippen LogP contribution in [-0.4, -0.2) is 36.7 Å². The molecule has 1 fully saturated rings. The van der Waals surface area contributed by atoms with Crippen molar-refractivity contribution in [1.29, 1.82) is 0 Å². The second-order valence-corrected chi connectivity index (χ2v) is 7.92. The highest BCUT2D eigenvalue weighted by Gasteiger charge is 2.28. The average Bonchev–Trinajstić information content (AvgIpc) is 2.63. The zero-order valence-corrected chi connectivity index (χ0v) is 14.1. The number of hydrogen-bond acceptors (Lipinski definition) is 6. The lowest BCUT2D eigenvalue weighted by molar-refractivity contribution is 0.496. The minimum Gasteiger partial charge on any atom is -0.324 e. The number of anilines is 2. The Kier molecular flexibility index (Phi) is 4.92. The van der Waals surface area contributed by atoms with E-state index in [9.17, 15) is 8.42 Å². The van der Waals surface area contributed by atoms with Crippen LogP contribution < -0.4 is 10.6 Å². The van der Waals surface area contributed by atoms with Crippen LogP contribution in [0.3, 0.4) is 0 Å². The maximum atomic E-state index is 12.6. The Labute approximate surface area is 142 Å². The van der Waals surface area contributed by atoms with Gasteiger partial charge < -0.3 is 10.6 Å². The molecule has 6 nitrogen and oxygen atoms in total. The molecule has 0 atom stereocenters. The summed E-state index contributed by atoms with van der Waals surface area (Å²) >= 11 is 0. The van der Waals surface area contributed by atoms with Crippen molar-refractivity contribution in [2.45, 2.75) is 23.0 Å².